The van der Waals surface area contributed by atoms with Crippen LogP contribution in [-0.2, 0) is 4.74 Å². The zero-order valence-electron chi connectivity index (χ0n) is 10.5. The summed E-state index contributed by atoms with van der Waals surface area (Å²) < 4.78 is 4.93. The highest BCUT2D eigenvalue weighted by atomic mass is 32.1. The van der Waals surface area contributed by atoms with Crippen LogP contribution in [0.5, 0.6) is 0 Å². The molecule has 0 saturated carbocycles. The van der Waals surface area contributed by atoms with Gasteiger partial charge in [0.25, 0.3) is 0 Å². The fourth-order valence-electron chi connectivity index (χ4n) is 1.34. The molecule has 1 unspecified atom stereocenters. The molecular weight excluding hydrogens is 236 g/mol. The molecule has 0 saturated heterocycles. The fraction of sp³-hybridized carbons (Fsp3) is 0.545. The Morgan fingerprint density at radius 3 is 2.88 bits per heavy atom. The van der Waals surface area contributed by atoms with Crippen LogP contribution in [0.1, 0.15) is 22.7 Å². The molecule has 1 atom stereocenters. The van der Waals surface area contributed by atoms with Crippen LogP contribution in [0, 0.1) is 6.92 Å². The van der Waals surface area contributed by atoms with Gasteiger partial charge in [0.2, 0.25) is 5.96 Å². The van der Waals surface area contributed by atoms with Crippen molar-refractivity contribution in [3.8, 4) is 0 Å². The highest BCUT2D eigenvalue weighted by molar-refractivity contribution is 7.12. The lowest BCUT2D eigenvalue weighted by Gasteiger charge is -2.15. The second-order valence-electron chi connectivity index (χ2n) is 3.68. The van der Waals surface area contributed by atoms with Crippen molar-refractivity contribution in [1.82, 2.24) is 10.7 Å². The average molecular weight is 256 g/mol. The van der Waals surface area contributed by atoms with Crippen molar-refractivity contribution in [2.45, 2.75) is 19.9 Å². The SMILES string of the molecule is COCCN=C(NN)NC(C)c1ccc(C)s1. The van der Waals surface area contributed by atoms with Crippen LogP contribution in [0.3, 0.4) is 0 Å². The molecule has 6 heteroatoms. The van der Waals surface area contributed by atoms with Crippen LogP contribution in [0.15, 0.2) is 17.1 Å². The van der Waals surface area contributed by atoms with E-state index in [0.29, 0.717) is 19.1 Å². The minimum atomic E-state index is 0.186. The van der Waals surface area contributed by atoms with Gasteiger partial charge in [-0.05, 0) is 26.0 Å². The third kappa shape index (κ3) is 4.72. The molecule has 1 heterocycles. The Morgan fingerprint density at radius 1 is 1.59 bits per heavy atom. The number of hydrazine groups is 1. The molecule has 96 valence electrons. The Labute approximate surface area is 106 Å². The number of nitrogens with zero attached hydrogens (tertiary/aromatic N) is 1. The minimum Gasteiger partial charge on any atom is -0.383 e. The Kier molecular flexibility index (Phi) is 5.96. The van der Waals surface area contributed by atoms with E-state index in [1.165, 1.54) is 9.75 Å². The molecule has 0 radical (unpaired) electrons. The van der Waals surface area contributed by atoms with Gasteiger partial charge in [0.05, 0.1) is 19.2 Å². The van der Waals surface area contributed by atoms with Gasteiger partial charge >= 0.3 is 0 Å². The van der Waals surface area contributed by atoms with Crippen molar-refractivity contribution < 1.29 is 4.74 Å². The molecule has 0 bridgehead atoms. The lowest BCUT2D eigenvalue weighted by atomic mass is 10.3. The number of ether oxygens (including phenoxy) is 1. The summed E-state index contributed by atoms with van der Waals surface area (Å²) in [6.07, 6.45) is 0. The molecule has 0 spiro atoms. The van der Waals surface area contributed by atoms with Crippen molar-refractivity contribution in [3.63, 3.8) is 0 Å². The van der Waals surface area contributed by atoms with Crippen LogP contribution in [-0.4, -0.2) is 26.2 Å². The maximum Gasteiger partial charge on any atom is 0.206 e. The number of hydrogen-bond donors (Lipinski definition) is 3. The second-order valence-corrected chi connectivity index (χ2v) is 5.00. The molecule has 0 aromatic carbocycles. The highest BCUT2D eigenvalue weighted by Crippen LogP contribution is 2.21. The van der Waals surface area contributed by atoms with Crippen molar-refractivity contribution in [1.29, 1.82) is 0 Å². The van der Waals surface area contributed by atoms with E-state index in [-0.39, 0.29) is 6.04 Å². The first kappa shape index (κ1) is 14.0. The highest BCUT2D eigenvalue weighted by Gasteiger charge is 2.08. The van der Waals surface area contributed by atoms with Crippen LogP contribution in [0.25, 0.3) is 0 Å². The number of nitrogens with two attached hydrogens (primary N) is 1. The molecule has 0 aliphatic rings. The Hall–Kier alpha value is -1.11. The number of hydrogen-bond acceptors (Lipinski definition) is 4. The largest absolute Gasteiger partial charge is 0.383 e. The first-order chi connectivity index (χ1) is 8.17. The smallest absolute Gasteiger partial charge is 0.206 e. The topological polar surface area (TPSA) is 71.7 Å². The zero-order valence-corrected chi connectivity index (χ0v) is 11.3. The number of rotatable bonds is 5. The maximum atomic E-state index is 5.41. The summed E-state index contributed by atoms with van der Waals surface area (Å²) in [7, 11) is 1.65. The third-order valence-electron chi connectivity index (χ3n) is 2.24. The molecule has 1 rings (SSSR count). The van der Waals surface area contributed by atoms with Gasteiger partial charge in [0.1, 0.15) is 0 Å². The van der Waals surface area contributed by atoms with E-state index in [9.17, 15) is 0 Å². The molecule has 0 aliphatic carbocycles. The predicted molar refractivity (Wildman–Crippen MR) is 72.1 cm³/mol. The summed E-state index contributed by atoms with van der Waals surface area (Å²) in [5, 5.41) is 3.22. The molecule has 0 aliphatic heterocycles. The van der Waals surface area contributed by atoms with Crippen molar-refractivity contribution in [2.24, 2.45) is 10.8 Å². The van der Waals surface area contributed by atoms with E-state index in [4.69, 9.17) is 10.6 Å². The minimum absolute atomic E-state index is 0.186. The van der Waals surface area contributed by atoms with E-state index in [0.717, 1.165) is 0 Å². The Bertz CT molecular complexity index is 364. The first-order valence-electron chi connectivity index (χ1n) is 5.50. The van der Waals surface area contributed by atoms with Crippen molar-refractivity contribution >= 4 is 17.3 Å². The molecule has 4 N–H and O–H groups in total. The number of nitrogens with one attached hydrogen (secondary N) is 2. The fourth-order valence-corrected chi connectivity index (χ4v) is 2.22. The van der Waals surface area contributed by atoms with E-state index in [1.54, 1.807) is 18.4 Å². The summed E-state index contributed by atoms with van der Waals surface area (Å²) in [6.45, 7) is 5.34. The zero-order chi connectivity index (χ0) is 12.7. The van der Waals surface area contributed by atoms with Gasteiger partial charge in [-0.3, -0.25) is 5.43 Å². The van der Waals surface area contributed by atoms with E-state index in [1.807, 2.05) is 0 Å². The van der Waals surface area contributed by atoms with Crippen LogP contribution >= 0.6 is 11.3 Å². The quantitative estimate of drug-likeness (QED) is 0.243. The lowest BCUT2D eigenvalue weighted by Crippen LogP contribution is -2.42. The van der Waals surface area contributed by atoms with Crippen LogP contribution in [0.2, 0.25) is 0 Å². The molecule has 1 aromatic heterocycles. The number of aryl methyl sites for hydroxylation is 1. The predicted octanol–water partition coefficient (Wildman–Crippen LogP) is 1.17. The van der Waals surface area contributed by atoms with Crippen molar-refractivity contribution in [3.05, 3.63) is 21.9 Å². The number of aliphatic imine (C=N–C) groups is 1. The molecular formula is C11H20N4OS. The van der Waals surface area contributed by atoms with Gasteiger partial charge in [0, 0.05) is 16.9 Å². The van der Waals surface area contributed by atoms with Gasteiger partial charge in [-0.15, -0.1) is 11.3 Å². The van der Waals surface area contributed by atoms with Gasteiger partial charge < -0.3 is 10.1 Å². The standard InChI is InChI=1S/C11H20N4OS/c1-8-4-5-10(17-8)9(2)14-11(15-12)13-6-7-16-3/h4-5,9H,6-7,12H2,1-3H3,(H2,13,14,15). The van der Waals surface area contributed by atoms with Gasteiger partial charge in [0.15, 0.2) is 0 Å². The lowest BCUT2D eigenvalue weighted by molar-refractivity contribution is 0.208. The van der Waals surface area contributed by atoms with Crippen molar-refractivity contribution in [2.75, 3.05) is 20.3 Å². The second kappa shape index (κ2) is 7.26. The summed E-state index contributed by atoms with van der Waals surface area (Å²) >= 11 is 1.77. The summed E-state index contributed by atoms with van der Waals surface area (Å²) in [5.74, 6) is 5.99. The van der Waals surface area contributed by atoms with E-state index >= 15 is 0 Å². The summed E-state index contributed by atoms with van der Waals surface area (Å²) in [5.41, 5.74) is 2.56. The van der Waals surface area contributed by atoms with Gasteiger partial charge in [-0.1, -0.05) is 0 Å². The van der Waals surface area contributed by atoms with Crippen LogP contribution in [0.4, 0.5) is 0 Å². The molecule has 5 nitrogen and oxygen atoms in total. The monoisotopic (exact) mass is 256 g/mol. The first-order valence-corrected chi connectivity index (χ1v) is 6.32. The number of guanidine groups is 1. The maximum absolute atomic E-state index is 5.41. The Balaban J connectivity index is 2.53. The number of thiophene rings is 1. The Morgan fingerprint density at radius 2 is 2.35 bits per heavy atom. The molecule has 0 fully saturated rings. The van der Waals surface area contributed by atoms with Gasteiger partial charge in [-0.25, -0.2) is 10.8 Å². The van der Waals surface area contributed by atoms with Crippen LogP contribution < -0.4 is 16.6 Å². The third-order valence-corrected chi connectivity index (χ3v) is 3.43. The summed E-state index contributed by atoms with van der Waals surface area (Å²) in [6, 6.07) is 4.41. The molecule has 0 amide bonds. The average Bonchev–Trinajstić information content (AvgIpc) is 2.74. The van der Waals surface area contributed by atoms with E-state index in [2.05, 4.69) is 41.7 Å². The van der Waals surface area contributed by atoms with E-state index < -0.39 is 0 Å². The molecule has 1 aromatic rings. The number of methoxy groups -OCH3 is 1. The van der Waals surface area contributed by atoms with Gasteiger partial charge in [-0.2, -0.15) is 0 Å². The summed E-state index contributed by atoms with van der Waals surface area (Å²) in [4.78, 5) is 6.81. The normalized spacial score (nSPS) is 13.5. The molecule has 17 heavy (non-hydrogen) atoms.